The van der Waals surface area contributed by atoms with Crippen molar-refractivity contribution in [2.75, 3.05) is 0 Å². The summed E-state index contributed by atoms with van der Waals surface area (Å²) in [4.78, 5) is 0. The van der Waals surface area contributed by atoms with Gasteiger partial charge in [-0.15, -0.1) is 0 Å². The zero-order chi connectivity index (χ0) is 8.93. The molecule has 2 heteroatoms. The van der Waals surface area contributed by atoms with Crippen LogP contribution in [-0.2, 0) is 0 Å². The molecular weight excluding hydrogens is 182 g/mol. The largest absolute Gasteiger partial charge is 1.00 e. The van der Waals surface area contributed by atoms with Crippen LogP contribution in [0.1, 0.15) is 32.1 Å². The van der Waals surface area contributed by atoms with Crippen molar-refractivity contribution >= 4 is 13.9 Å². The molecule has 0 amide bonds. The van der Waals surface area contributed by atoms with Gasteiger partial charge in [-0.25, -0.2) is 5.30 Å². The van der Waals surface area contributed by atoms with E-state index in [1.165, 1.54) is 37.4 Å². The molecule has 0 heterocycles. The van der Waals surface area contributed by atoms with Gasteiger partial charge in [0.2, 0.25) is 0 Å². The van der Waals surface area contributed by atoms with Crippen molar-refractivity contribution in [1.82, 2.24) is 0 Å². The van der Waals surface area contributed by atoms with Crippen molar-refractivity contribution in [3.05, 3.63) is 30.3 Å². The Kier molecular flexibility index (Phi) is 5.88. The van der Waals surface area contributed by atoms with Crippen molar-refractivity contribution in [2.45, 2.75) is 37.8 Å². The van der Waals surface area contributed by atoms with E-state index in [-0.39, 0.29) is 18.9 Å². The molecule has 0 radical (unpaired) electrons. The molecule has 0 aromatic heterocycles. The number of benzene rings is 1. The van der Waals surface area contributed by atoms with Gasteiger partial charge >= 0.3 is 18.9 Å². The Hall–Kier alpha value is 0.247. The Bertz CT molecular complexity index is 242. The molecule has 14 heavy (non-hydrogen) atoms. The van der Waals surface area contributed by atoms with Crippen LogP contribution in [0.15, 0.2) is 30.3 Å². The van der Waals surface area contributed by atoms with E-state index in [4.69, 9.17) is 0 Å². The molecule has 0 nitrogen and oxygen atoms in total. The minimum absolute atomic E-state index is 0. The summed E-state index contributed by atoms with van der Waals surface area (Å²) >= 11 is 0. The van der Waals surface area contributed by atoms with Gasteiger partial charge in [0, 0.05) is 0 Å². The summed E-state index contributed by atoms with van der Waals surface area (Å²) in [5.41, 5.74) is 0.941. The van der Waals surface area contributed by atoms with Crippen molar-refractivity contribution in [3.8, 4) is 0 Å². The van der Waals surface area contributed by atoms with E-state index in [9.17, 15) is 0 Å². The van der Waals surface area contributed by atoms with Crippen LogP contribution >= 0.6 is 8.58 Å². The molecule has 0 N–H and O–H groups in total. The van der Waals surface area contributed by atoms with Gasteiger partial charge < -0.3 is 8.58 Å². The van der Waals surface area contributed by atoms with Gasteiger partial charge in [0.1, 0.15) is 0 Å². The predicted octanol–water partition coefficient (Wildman–Crippen LogP) is 0.595. The van der Waals surface area contributed by atoms with E-state index < -0.39 is 0 Å². The smallest absolute Gasteiger partial charge is 0.503 e. The summed E-state index contributed by atoms with van der Waals surface area (Å²) in [6.45, 7) is 0. The van der Waals surface area contributed by atoms with Crippen LogP contribution < -0.4 is 24.2 Å². The average Bonchev–Trinajstić information content (AvgIpc) is 2.21. The third-order valence-electron chi connectivity index (χ3n) is 2.66. The van der Waals surface area contributed by atoms with E-state index in [0.717, 1.165) is 5.66 Å². The molecule has 1 fully saturated rings. The summed E-state index contributed by atoms with van der Waals surface area (Å²) in [5, 5.41) is 1.49. The van der Waals surface area contributed by atoms with E-state index in [2.05, 4.69) is 30.3 Å². The maximum atomic E-state index is 2.25. The molecule has 0 saturated heterocycles. The monoisotopic (exact) mass is 198 g/mol. The van der Waals surface area contributed by atoms with E-state index >= 15 is 0 Å². The first-order valence-corrected chi connectivity index (χ1v) is 6.17. The van der Waals surface area contributed by atoms with Crippen molar-refractivity contribution in [2.24, 2.45) is 0 Å². The summed E-state index contributed by atoms with van der Waals surface area (Å²) in [7, 11) is 1.56. The van der Waals surface area contributed by atoms with Crippen LogP contribution in [0, 0.1) is 0 Å². The van der Waals surface area contributed by atoms with Gasteiger partial charge in [-0.3, -0.25) is 0 Å². The predicted molar refractivity (Wildman–Crippen MR) is 59.9 cm³/mol. The molecule has 0 spiro atoms. The second kappa shape index (κ2) is 6.68. The second-order valence-electron chi connectivity index (χ2n) is 3.76. The van der Waals surface area contributed by atoms with Crippen LogP contribution in [0.5, 0.6) is 0 Å². The van der Waals surface area contributed by atoms with Crippen LogP contribution in [-0.4, -0.2) is 5.66 Å². The standard InChI is InChI=1S/C12H16P.Li/c1-3-7-11(8-4-1)13-12-9-5-2-6-10-12;/h1,3-4,7-8,12H,2,5-6,9-10H2;/q-1;+1. The molecule has 0 unspecified atom stereocenters. The fourth-order valence-electron chi connectivity index (χ4n) is 1.94. The quantitative estimate of drug-likeness (QED) is 0.482. The third-order valence-corrected chi connectivity index (χ3v) is 4.14. The van der Waals surface area contributed by atoms with Gasteiger partial charge in [0.15, 0.2) is 0 Å². The van der Waals surface area contributed by atoms with Crippen molar-refractivity contribution in [3.63, 3.8) is 0 Å². The Morgan fingerprint density at radius 3 is 2.21 bits per heavy atom. The van der Waals surface area contributed by atoms with Crippen LogP contribution in [0.2, 0.25) is 0 Å². The summed E-state index contributed by atoms with van der Waals surface area (Å²) in [6, 6.07) is 10.9. The molecule has 2 rings (SSSR count). The summed E-state index contributed by atoms with van der Waals surface area (Å²) < 4.78 is 0. The Morgan fingerprint density at radius 1 is 0.929 bits per heavy atom. The Morgan fingerprint density at radius 2 is 1.57 bits per heavy atom. The van der Waals surface area contributed by atoms with Crippen molar-refractivity contribution < 1.29 is 18.9 Å². The van der Waals surface area contributed by atoms with Crippen LogP contribution in [0.4, 0.5) is 0 Å². The maximum Gasteiger partial charge on any atom is 1.00 e. The second-order valence-corrected chi connectivity index (χ2v) is 5.26. The molecule has 1 aromatic rings. The first kappa shape index (κ1) is 12.3. The fourth-order valence-corrected chi connectivity index (χ4v) is 3.32. The molecule has 1 saturated carbocycles. The molecule has 0 aliphatic heterocycles. The molecule has 0 bridgehead atoms. The van der Waals surface area contributed by atoms with Gasteiger partial charge in [-0.05, 0) is 0 Å². The van der Waals surface area contributed by atoms with Gasteiger partial charge in [0.25, 0.3) is 0 Å². The fraction of sp³-hybridized carbons (Fsp3) is 0.500. The molecule has 1 aliphatic rings. The SMILES string of the molecule is [Li+].c1ccc([P-]C2CCCCC2)cc1. The van der Waals surface area contributed by atoms with Gasteiger partial charge in [-0.2, -0.15) is 5.66 Å². The number of hydrogen-bond donors (Lipinski definition) is 0. The topological polar surface area (TPSA) is 0 Å². The minimum Gasteiger partial charge on any atom is -0.503 e. The molecule has 70 valence electrons. The van der Waals surface area contributed by atoms with E-state index in [0.29, 0.717) is 0 Å². The van der Waals surface area contributed by atoms with E-state index in [1.54, 1.807) is 8.58 Å². The van der Waals surface area contributed by atoms with Crippen LogP contribution in [0.3, 0.4) is 0 Å². The van der Waals surface area contributed by atoms with Gasteiger partial charge in [0.05, 0.1) is 0 Å². The first-order chi connectivity index (χ1) is 6.45. The summed E-state index contributed by atoms with van der Waals surface area (Å²) in [5.74, 6) is 0. The molecular formula is C12H16LiP. The maximum absolute atomic E-state index is 2.25. The zero-order valence-corrected chi connectivity index (χ0v) is 9.84. The minimum atomic E-state index is 0. The number of rotatable bonds is 2. The number of hydrogen-bond acceptors (Lipinski definition) is 0. The Balaban J connectivity index is 0.000000980. The van der Waals surface area contributed by atoms with Crippen LogP contribution in [0.25, 0.3) is 0 Å². The van der Waals surface area contributed by atoms with E-state index in [1.807, 2.05) is 0 Å². The van der Waals surface area contributed by atoms with Crippen molar-refractivity contribution in [1.29, 1.82) is 0 Å². The first-order valence-electron chi connectivity index (χ1n) is 5.21. The average molecular weight is 198 g/mol. The normalized spacial score (nSPS) is 18.3. The molecule has 1 aliphatic carbocycles. The van der Waals surface area contributed by atoms with Gasteiger partial charge in [-0.1, -0.05) is 62.4 Å². The zero-order valence-electron chi connectivity index (χ0n) is 8.95. The summed E-state index contributed by atoms with van der Waals surface area (Å²) in [6.07, 6.45) is 7.24. The molecule has 0 atom stereocenters. The Labute approximate surface area is 101 Å². The third kappa shape index (κ3) is 3.78. The molecule has 1 aromatic carbocycles.